The maximum atomic E-state index is 13.6. The summed E-state index contributed by atoms with van der Waals surface area (Å²) in [5.41, 5.74) is 2.60. The normalized spacial score (nSPS) is 14.2. The van der Waals surface area contributed by atoms with E-state index in [-0.39, 0.29) is 5.91 Å². The minimum Gasteiger partial charge on any atom is -0.475 e. The van der Waals surface area contributed by atoms with E-state index in [1.165, 1.54) is 12.1 Å². The number of nitrogens with zero attached hydrogens (tertiary/aromatic N) is 1. The fourth-order valence-corrected chi connectivity index (χ4v) is 4.61. The maximum absolute atomic E-state index is 13.6. The molecule has 0 N–H and O–H groups in total. The van der Waals surface area contributed by atoms with Crippen molar-refractivity contribution in [3.05, 3.63) is 108 Å². The molecule has 0 aromatic heterocycles. The summed E-state index contributed by atoms with van der Waals surface area (Å²) in [7, 11) is -4.84. The van der Waals surface area contributed by atoms with Gasteiger partial charge in [-0.25, -0.2) is 0 Å². The SMILES string of the molecule is O=C(C(Oc1cccc2ccccc12)c1ccc(S(=O)(=O)F)cc1)N1Cc2ccccc2C1. The monoisotopic (exact) mass is 461 g/mol. The first-order valence-corrected chi connectivity index (χ1v) is 11.8. The standard InChI is InChI=1S/C26H20FNO4S/c27-33(30,31)22-14-12-19(13-15-22)25(26(29)28-16-20-7-1-2-8-21(20)17-28)32-24-11-5-9-18-6-3-4-10-23(18)24/h1-15,25H,16-17H2. The summed E-state index contributed by atoms with van der Waals surface area (Å²) in [4.78, 5) is 14.9. The van der Waals surface area contributed by atoms with E-state index in [4.69, 9.17) is 4.74 Å². The number of benzene rings is 4. The molecular weight excluding hydrogens is 441 g/mol. The van der Waals surface area contributed by atoms with Crippen molar-refractivity contribution < 1.29 is 21.8 Å². The van der Waals surface area contributed by atoms with Crippen LogP contribution in [0.15, 0.2) is 95.9 Å². The van der Waals surface area contributed by atoms with E-state index in [0.29, 0.717) is 24.4 Å². The summed E-state index contributed by atoms with van der Waals surface area (Å²) in [5.74, 6) is 0.278. The molecule has 1 atom stereocenters. The summed E-state index contributed by atoms with van der Waals surface area (Å²) in [6.07, 6.45) is -1.03. The Labute approximate surface area is 191 Å². The molecule has 5 rings (SSSR count). The molecule has 1 amide bonds. The Balaban J connectivity index is 1.53. The van der Waals surface area contributed by atoms with Gasteiger partial charge in [0.05, 0.1) is 4.90 Å². The zero-order valence-electron chi connectivity index (χ0n) is 17.5. The second-order valence-corrected chi connectivity index (χ2v) is 9.29. The van der Waals surface area contributed by atoms with Gasteiger partial charge in [0, 0.05) is 24.0 Å². The van der Waals surface area contributed by atoms with Crippen molar-refractivity contribution in [3.8, 4) is 5.75 Å². The molecular formula is C26H20FNO4S. The second-order valence-electron chi connectivity index (χ2n) is 7.95. The molecule has 166 valence electrons. The minimum absolute atomic E-state index is 0.255. The lowest BCUT2D eigenvalue weighted by Gasteiger charge is -2.25. The molecule has 0 spiro atoms. The van der Waals surface area contributed by atoms with E-state index >= 15 is 0 Å². The first kappa shape index (κ1) is 21.2. The van der Waals surface area contributed by atoms with Crippen molar-refractivity contribution in [1.29, 1.82) is 0 Å². The third kappa shape index (κ3) is 4.19. The van der Waals surface area contributed by atoms with Crippen LogP contribution in [0.2, 0.25) is 0 Å². The Kier molecular flexibility index (Phi) is 5.34. The number of halogens is 1. The lowest BCUT2D eigenvalue weighted by molar-refractivity contribution is -0.139. The van der Waals surface area contributed by atoms with Crippen molar-refractivity contribution >= 4 is 26.9 Å². The van der Waals surface area contributed by atoms with Crippen molar-refractivity contribution in [2.75, 3.05) is 0 Å². The fraction of sp³-hybridized carbons (Fsp3) is 0.115. The maximum Gasteiger partial charge on any atom is 0.332 e. The molecule has 0 radical (unpaired) electrons. The quantitative estimate of drug-likeness (QED) is 0.385. The number of rotatable bonds is 5. The smallest absolute Gasteiger partial charge is 0.332 e. The van der Waals surface area contributed by atoms with Crippen LogP contribution in [0.4, 0.5) is 3.89 Å². The molecule has 7 heteroatoms. The average Bonchev–Trinajstić information content (AvgIpc) is 3.26. The van der Waals surface area contributed by atoms with E-state index in [2.05, 4.69) is 0 Å². The van der Waals surface area contributed by atoms with Crippen LogP contribution in [-0.4, -0.2) is 19.2 Å². The third-order valence-corrected chi connectivity index (χ3v) is 6.67. The lowest BCUT2D eigenvalue weighted by Crippen LogP contribution is -2.33. The summed E-state index contributed by atoms with van der Waals surface area (Å²) < 4.78 is 42.2. The number of carbonyl (C=O) groups excluding carboxylic acids is 1. The van der Waals surface area contributed by atoms with Crippen molar-refractivity contribution in [2.24, 2.45) is 0 Å². The van der Waals surface area contributed by atoms with Gasteiger partial charge in [0.25, 0.3) is 5.91 Å². The van der Waals surface area contributed by atoms with Crippen molar-refractivity contribution in [3.63, 3.8) is 0 Å². The predicted octanol–water partition coefficient (Wildman–Crippen LogP) is 5.16. The minimum atomic E-state index is -4.84. The van der Waals surface area contributed by atoms with Gasteiger partial charge in [-0.1, -0.05) is 72.8 Å². The second kappa shape index (κ2) is 8.33. The van der Waals surface area contributed by atoms with Gasteiger partial charge < -0.3 is 9.64 Å². The number of hydrogen-bond acceptors (Lipinski definition) is 4. The van der Waals surface area contributed by atoms with Crippen LogP contribution in [0.25, 0.3) is 10.8 Å². The molecule has 5 nitrogen and oxygen atoms in total. The highest BCUT2D eigenvalue weighted by atomic mass is 32.3. The van der Waals surface area contributed by atoms with Gasteiger partial charge >= 0.3 is 10.2 Å². The lowest BCUT2D eigenvalue weighted by atomic mass is 10.1. The first-order chi connectivity index (χ1) is 15.9. The molecule has 1 heterocycles. The average molecular weight is 462 g/mol. The van der Waals surface area contributed by atoms with Crippen LogP contribution in [0.3, 0.4) is 0 Å². The largest absolute Gasteiger partial charge is 0.475 e. The fourth-order valence-electron chi connectivity index (χ4n) is 4.15. The van der Waals surface area contributed by atoms with E-state index in [1.807, 2.05) is 60.7 Å². The summed E-state index contributed by atoms with van der Waals surface area (Å²) in [5, 5.41) is 1.82. The number of hydrogen-bond donors (Lipinski definition) is 0. The van der Waals surface area contributed by atoms with Crippen molar-refractivity contribution in [1.82, 2.24) is 4.90 Å². The van der Waals surface area contributed by atoms with E-state index in [9.17, 15) is 17.1 Å². The van der Waals surface area contributed by atoms with Gasteiger partial charge in [-0.05, 0) is 34.7 Å². The molecule has 33 heavy (non-hydrogen) atoms. The number of carbonyl (C=O) groups is 1. The zero-order chi connectivity index (χ0) is 23.0. The predicted molar refractivity (Wildman–Crippen MR) is 123 cm³/mol. The Bertz CT molecular complexity index is 1420. The van der Waals surface area contributed by atoms with E-state index < -0.39 is 21.2 Å². The van der Waals surface area contributed by atoms with Crippen LogP contribution in [-0.2, 0) is 28.1 Å². The summed E-state index contributed by atoms with van der Waals surface area (Å²) in [6, 6.07) is 26.3. The highest BCUT2D eigenvalue weighted by molar-refractivity contribution is 7.86. The van der Waals surface area contributed by atoms with Crippen LogP contribution in [0, 0.1) is 0 Å². The Morgan fingerprint density at radius 1 is 0.818 bits per heavy atom. The number of fused-ring (bicyclic) bond motifs is 2. The molecule has 4 aromatic carbocycles. The number of ether oxygens (including phenoxy) is 1. The van der Waals surface area contributed by atoms with Gasteiger partial charge in [-0.3, -0.25) is 4.79 Å². The van der Waals surface area contributed by atoms with Gasteiger partial charge in [-0.15, -0.1) is 3.89 Å². The summed E-state index contributed by atoms with van der Waals surface area (Å²) in [6.45, 7) is 0.919. The topological polar surface area (TPSA) is 63.7 Å². The van der Waals surface area contributed by atoms with Crippen LogP contribution in [0.5, 0.6) is 5.75 Å². The van der Waals surface area contributed by atoms with Crippen LogP contribution >= 0.6 is 0 Å². The molecule has 0 saturated heterocycles. The third-order valence-electron chi connectivity index (χ3n) is 5.84. The van der Waals surface area contributed by atoms with Gasteiger partial charge in [0.2, 0.25) is 6.10 Å². The van der Waals surface area contributed by atoms with Gasteiger partial charge in [-0.2, -0.15) is 8.42 Å². The Morgan fingerprint density at radius 3 is 2.09 bits per heavy atom. The van der Waals surface area contributed by atoms with Crippen molar-refractivity contribution in [2.45, 2.75) is 24.1 Å². The number of amides is 1. The van der Waals surface area contributed by atoms with E-state index in [0.717, 1.165) is 34.0 Å². The zero-order valence-corrected chi connectivity index (χ0v) is 18.3. The van der Waals surface area contributed by atoms with Crippen LogP contribution in [0.1, 0.15) is 22.8 Å². The Morgan fingerprint density at radius 2 is 1.42 bits per heavy atom. The highest BCUT2D eigenvalue weighted by Gasteiger charge is 2.32. The summed E-state index contributed by atoms with van der Waals surface area (Å²) >= 11 is 0. The van der Waals surface area contributed by atoms with Gasteiger partial charge in [0.15, 0.2) is 0 Å². The van der Waals surface area contributed by atoms with E-state index in [1.54, 1.807) is 11.0 Å². The molecule has 0 saturated carbocycles. The molecule has 0 bridgehead atoms. The molecule has 0 fully saturated rings. The molecule has 1 unspecified atom stereocenters. The highest BCUT2D eigenvalue weighted by Crippen LogP contribution is 2.33. The van der Waals surface area contributed by atoms with Gasteiger partial charge in [0.1, 0.15) is 5.75 Å². The Hall–Kier alpha value is -3.71. The first-order valence-electron chi connectivity index (χ1n) is 10.4. The van der Waals surface area contributed by atoms with Crippen LogP contribution < -0.4 is 4.74 Å². The molecule has 0 aliphatic carbocycles. The molecule has 1 aliphatic heterocycles. The molecule has 4 aromatic rings. The molecule has 1 aliphatic rings.